The van der Waals surface area contributed by atoms with E-state index in [2.05, 4.69) is 6.92 Å². The smallest absolute Gasteiger partial charge is 0.0238 e. The molecule has 0 amide bonds. The van der Waals surface area contributed by atoms with Crippen molar-refractivity contribution in [3.05, 3.63) is 0 Å². The Morgan fingerprint density at radius 1 is 0.786 bits per heavy atom. The molecule has 0 aromatic rings. The van der Waals surface area contributed by atoms with Gasteiger partial charge in [0.05, 0.1) is 0 Å². The molecule has 0 rings (SSSR count). The van der Waals surface area contributed by atoms with Gasteiger partial charge in [-0.2, -0.15) is 5.06 Å². The van der Waals surface area contributed by atoms with E-state index in [9.17, 15) is 0 Å². The van der Waals surface area contributed by atoms with Gasteiger partial charge in [-0.3, -0.25) is 0 Å². The zero-order valence-corrected chi connectivity index (χ0v) is 9.97. The summed E-state index contributed by atoms with van der Waals surface area (Å²) in [7, 11) is 0. The molecule has 0 bridgehead atoms. The van der Waals surface area contributed by atoms with E-state index < -0.39 is 0 Å². The largest absolute Gasteiger partial charge is 0.314 e. The lowest BCUT2D eigenvalue weighted by molar-refractivity contribution is -0.0869. The highest BCUT2D eigenvalue weighted by Crippen LogP contribution is 2.08. The fourth-order valence-corrected chi connectivity index (χ4v) is 1.59. The Morgan fingerprint density at radius 3 is 1.79 bits per heavy atom. The molecule has 0 aliphatic carbocycles. The van der Waals surface area contributed by atoms with Crippen molar-refractivity contribution in [3.63, 3.8) is 0 Å². The Morgan fingerprint density at radius 2 is 1.29 bits per heavy atom. The highest BCUT2D eigenvalue weighted by Gasteiger charge is 1.95. The van der Waals surface area contributed by atoms with E-state index in [0.29, 0.717) is 0 Å². The number of nitrogens with zero attached hydrogens (tertiary/aromatic N) is 1. The van der Waals surface area contributed by atoms with Crippen LogP contribution in [0.1, 0.15) is 65.2 Å². The molecule has 0 radical (unpaired) electrons. The third-order valence-corrected chi connectivity index (χ3v) is 2.63. The van der Waals surface area contributed by atoms with Gasteiger partial charge in [-0.05, 0) is 6.42 Å². The first-order valence-electron chi connectivity index (χ1n) is 6.25. The zero-order valence-electron chi connectivity index (χ0n) is 9.97. The van der Waals surface area contributed by atoms with Gasteiger partial charge in [-0.15, -0.1) is 0 Å². The van der Waals surface area contributed by atoms with E-state index in [1.165, 1.54) is 50.0 Å². The number of unbranched alkanes of at least 4 members (excludes halogenated alkanes) is 7. The van der Waals surface area contributed by atoms with Crippen molar-refractivity contribution in [3.8, 4) is 0 Å². The summed E-state index contributed by atoms with van der Waals surface area (Å²) in [5.41, 5.74) is 0. The first kappa shape index (κ1) is 13.9. The normalized spacial score (nSPS) is 11.1. The second-order valence-corrected chi connectivity index (χ2v) is 4.02. The molecule has 1 N–H and O–H groups in total. The summed E-state index contributed by atoms with van der Waals surface area (Å²) >= 11 is 0. The number of hydrogen-bond acceptors (Lipinski definition) is 2. The summed E-state index contributed by atoms with van der Waals surface area (Å²) in [5.74, 6) is 0. The lowest BCUT2D eigenvalue weighted by Crippen LogP contribution is -2.19. The molecule has 0 aliphatic heterocycles. The summed E-state index contributed by atoms with van der Waals surface area (Å²) in [6.07, 6.45) is 10.6. The third-order valence-electron chi connectivity index (χ3n) is 2.63. The van der Waals surface area contributed by atoms with Crippen molar-refractivity contribution in [2.75, 3.05) is 13.1 Å². The maximum absolute atomic E-state index is 9.16. The molecule has 0 heterocycles. The maximum atomic E-state index is 9.16. The Hall–Kier alpha value is -0.0800. The standard InChI is InChI=1S/C12H27NO/c1-3-5-6-7-8-9-10-11-12-13(14)4-2/h14H,3-12H2,1-2H3. The van der Waals surface area contributed by atoms with Crippen LogP contribution in [0.5, 0.6) is 0 Å². The Balaban J connectivity index is 2.92. The summed E-state index contributed by atoms with van der Waals surface area (Å²) in [5, 5.41) is 10.6. The van der Waals surface area contributed by atoms with Gasteiger partial charge >= 0.3 is 0 Å². The Labute approximate surface area is 89.3 Å². The molecule has 14 heavy (non-hydrogen) atoms. The van der Waals surface area contributed by atoms with Gasteiger partial charge in [0, 0.05) is 13.1 Å². The average molecular weight is 201 g/mol. The van der Waals surface area contributed by atoms with E-state index in [-0.39, 0.29) is 0 Å². The summed E-state index contributed by atoms with van der Waals surface area (Å²) in [4.78, 5) is 0. The predicted octanol–water partition coefficient (Wildman–Crippen LogP) is 3.84. The molecular weight excluding hydrogens is 174 g/mol. The first-order valence-corrected chi connectivity index (χ1v) is 6.25. The molecule has 2 heteroatoms. The van der Waals surface area contributed by atoms with Crippen LogP contribution in [0, 0.1) is 0 Å². The van der Waals surface area contributed by atoms with Gasteiger partial charge in [0.25, 0.3) is 0 Å². The van der Waals surface area contributed by atoms with Crippen LogP contribution in [0.25, 0.3) is 0 Å². The Bertz CT molecular complexity index is 106. The first-order chi connectivity index (χ1) is 6.81. The molecular formula is C12H27NO. The van der Waals surface area contributed by atoms with Crippen LogP contribution in [-0.2, 0) is 0 Å². The van der Waals surface area contributed by atoms with Crippen molar-refractivity contribution in [2.45, 2.75) is 65.2 Å². The van der Waals surface area contributed by atoms with Crippen molar-refractivity contribution >= 4 is 0 Å². The summed E-state index contributed by atoms with van der Waals surface area (Å²) in [6, 6.07) is 0. The zero-order chi connectivity index (χ0) is 10.6. The molecule has 2 nitrogen and oxygen atoms in total. The van der Waals surface area contributed by atoms with Crippen molar-refractivity contribution in [2.24, 2.45) is 0 Å². The van der Waals surface area contributed by atoms with Crippen molar-refractivity contribution in [1.29, 1.82) is 0 Å². The highest BCUT2D eigenvalue weighted by atomic mass is 16.5. The molecule has 0 aromatic carbocycles. The molecule has 0 saturated heterocycles. The van der Waals surface area contributed by atoms with Crippen LogP contribution in [-0.4, -0.2) is 23.4 Å². The van der Waals surface area contributed by atoms with Gasteiger partial charge < -0.3 is 5.21 Å². The van der Waals surface area contributed by atoms with Crippen LogP contribution >= 0.6 is 0 Å². The predicted molar refractivity (Wildman–Crippen MR) is 61.6 cm³/mol. The number of hydrogen-bond donors (Lipinski definition) is 1. The van der Waals surface area contributed by atoms with Crippen LogP contribution in [0.3, 0.4) is 0 Å². The monoisotopic (exact) mass is 201 g/mol. The molecule has 0 aromatic heterocycles. The van der Waals surface area contributed by atoms with Crippen molar-refractivity contribution in [1.82, 2.24) is 5.06 Å². The maximum Gasteiger partial charge on any atom is 0.0238 e. The van der Waals surface area contributed by atoms with Gasteiger partial charge in [0.2, 0.25) is 0 Å². The highest BCUT2D eigenvalue weighted by molar-refractivity contribution is 4.47. The second-order valence-electron chi connectivity index (χ2n) is 4.02. The molecule has 86 valence electrons. The summed E-state index contributed by atoms with van der Waals surface area (Å²) < 4.78 is 0. The van der Waals surface area contributed by atoms with Crippen LogP contribution in [0.15, 0.2) is 0 Å². The molecule has 0 unspecified atom stereocenters. The van der Waals surface area contributed by atoms with Gasteiger partial charge in [0.1, 0.15) is 0 Å². The average Bonchev–Trinajstić information content (AvgIpc) is 2.21. The minimum absolute atomic E-state index is 0.747. The quantitative estimate of drug-likeness (QED) is 0.429. The van der Waals surface area contributed by atoms with Gasteiger partial charge in [-0.25, -0.2) is 0 Å². The molecule has 0 fully saturated rings. The fourth-order valence-electron chi connectivity index (χ4n) is 1.59. The van der Waals surface area contributed by atoms with Gasteiger partial charge in [0.15, 0.2) is 0 Å². The minimum Gasteiger partial charge on any atom is -0.314 e. The fraction of sp³-hybridized carbons (Fsp3) is 1.00. The van der Waals surface area contributed by atoms with E-state index in [0.717, 1.165) is 19.5 Å². The minimum atomic E-state index is 0.747. The third kappa shape index (κ3) is 10.0. The number of hydroxylamine groups is 2. The molecule has 0 spiro atoms. The molecule has 0 saturated carbocycles. The molecule has 0 aliphatic rings. The number of rotatable bonds is 10. The Kier molecular flexibility index (Phi) is 10.9. The lowest BCUT2D eigenvalue weighted by Gasteiger charge is -2.10. The molecule has 0 atom stereocenters. The van der Waals surface area contributed by atoms with Crippen LogP contribution < -0.4 is 0 Å². The van der Waals surface area contributed by atoms with Gasteiger partial charge in [-0.1, -0.05) is 58.8 Å². The topological polar surface area (TPSA) is 23.5 Å². The van der Waals surface area contributed by atoms with Crippen LogP contribution in [0.2, 0.25) is 0 Å². The van der Waals surface area contributed by atoms with Crippen molar-refractivity contribution < 1.29 is 5.21 Å². The summed E-state index contributed by atoms with van der Waals surface area (Å²) in [6.45, 7) is 5.81. The van der Waals surface area contributed by atoms with E-state index >= 15 is 0 Å². The van der Waals surface area contributed by atoms with E-state index in [4.69, 9.17) is 5.21 Å². The second kappa shape index (κ2) is 11.0. The van der Waals surface area contributed by atoms with E-state index in [1.54, 1.807) is 0 Å². The van der Waals surface area contributed by atoms with E-state index in [1.807, 2.05) is 6.92 Å². The SMILES string of the molecule is CCCCCCCCCCN(O)CC. The van der Waals surface area contributed by atoms with Crippen LogP contribution in [0.4, 0.5) is 0 Å². The lowest BCUT2D eigenvalue weighted by atomic mass is 10.1.